The van der Waals surface area contributed by atoms with Crippen LogP contribution in [-0.4, -0.2) is 31.3 Å². The Balaban J connectivity index is 1.98. The fourth-order valence-corrected chi connectivity index (χ4v) is 2.21. The van der Waals surface area contributed by atoms with Gasteiger partial charge in [0.05, 0.1) is 6.21 Å². The van der Waals surface area contributed by atoms with Crippen molar-refractivity contribution in [2.45, 2.75) is 6.92 Å². The Kier molecular flexibility index (Phi) is 3.94. The minimum Gasteiger partial charge on any atom is -0.504 e. The molecule has 0 aliphatic heterocycles. The summed E-state index contributed by atoms with van der Waals surface area (Å²) in [5, 5.41) is 30.1. The molecule has 23 heavy (non-hydrogen) atoms. The maximum absolute atomic E-state index is 9.51. The molecule has 0 radical (unpaired) electrons. The number of hydrogen-bond acceptors (Lipinski definition) is 5. The van der Waals surface area contributed by atoms with Crippen molar-refractivity contribution in [1.82, 2.24) is 14.9 Å². The number of hydrogen-bond donors (Lipinski definition) is 3. The summed E-state index contributed by atoms with van der Waals surface area (Å²) in [4.78, 5) is 0. The van der Waals surface area contributed by atoms with Crippen molar-refractivity contribution in [3.05, 3.63) is 58.4 Å². The molecule has 0 bridgehead atoms. The minimum absolute atomic E-state index is 0.178. The van der Waals surface area contributed by atoms with E-state index in [4.69, 9.17) is 12.2 Å². The van der Waals surface area contributed by atoms with Crippen LogP contribution in [0.15, 0.2) is 47.6 Å². The van der Waals surface area contributed by atoms with Crippen molar-refractivity contribution >= 4 is 18.4 Å². The molecule has 0 aliphatic carbocycles. The number of phenolic OH excluding ortho intramolecular Hbond substituents is 2. The van der Waals surface area contributed by atoms with Crippen LogP contribution in [-0.2, 0) is 0 Å². The fraction of sp³-hybridized carbons (Fsp3) is 0.0625. The molecule has 7 heteroatoms. The Hall–Kier alpha value is -2.93. The van der Waals surface area contributed by atoms with Gasteiger partial charge < -0.3 is 10.2 Å². The summed E-state index contributed by atoms with van der Waals surface area (Å²) in [6.45, 7) is 2.01. The molecule has 0 amide bonds. The van der Waals surface area contributed by atoms with Gasteiger partial charge in [-0.05, 0) is 42.9 Å². The second-order valence-corrected chi connectivity index (χ2v) is 5.41. The van der Waals surface area contributed by atoms with Crippen molar-refractivity contribution in [1.29, 1.82) is 0 Å². The number of nitrogens with zero attached hydrogens (tertiary/aromatic N) is 3. The molecule has 2 aromatic carbocycles. The van der Waals surface area contributed by atoms with E-state index in [9.17, 15) is 10.2 Å². The second-order valence-electron chi connectivity index (χ2n) is 5.02. The lowest BCUT2D eigenvalue weighted by molar-refractivity contribution is 0.403. The highest BCUT2D eigenvalue weighted by Crippen LogP contribution is 2.24. The lowest BCUT2D eigenvalue weighted by Crippen LogP contribution is -1.95. The Bertz CT molecular complexity index is 926. The zero-order chi connectivity index (χ0) is 16.4. The average Bonchev–Trinajstić information content (AvgIpc) is 2.90. The third kappa shape index (κ3) is 3.14. The third-order valence-electron chi connectivity index (χ3n) is 3.28. The Morgan fingerprint density at radius 2 is 1.87 bits per heavy atom. The molecule has 1 aromatic heterocycles. The Labute approximate surface area is 137 Å². The van der Waals surface area contributed by atoms with E-state index in [0.29, 0.717) is 16.2 Å². The molecule has 0 fully saturated rings. The van der Waals surface area contributed by atoms with E-state index in [1.54, 1.807) is 6.07 Å². The summed E-state index contributed by atoms with van der Waals surface area (Å²) < 4.78 is 1.86. The smallest absolute Gasteiger partial charge is 0.216 e. The zero-order valence-corrected chi connectivity index (χ0v) is 13.1. The van der Waals surface area contributed by atoms with Crippen molar-refractivity contribution in [3.8, 4) is 22.9 Å². The summed E-state index contributed by atoms with van der Waals surface area (Å²) in [7, 11) is 0. The summed E-state index contributed by atoms with van der Waals surface area (Å²) >= 11 is 5.20. The van der Waals surface area contributed by atoms with Gasteiger partial charge >= 0.3 is 0 Å². The lowest BCUT2D eigenvalue weighted by atomic mass is 10.1. The van der Waals surface area contributed by atoms with Gasteiger partial charge in [-0.3, -0.25) is 0 Å². The predicted octanol–water partition coefficient (Wildman–Crippen LogP) is 3.21. The summed E-state index contributed by atoms with van der Waals surface area (Å²) in [6.07, 6.45) is 1.53. The summed E-state index contributed by atoms with van der Waals surface area (Å²) in [5.41, 5.74) is 2.66. The number of nitrogens with one attached hydrogen (secondary N) is 1. The zero-order valence-electron chi connectivity index (χ0n) is 12.3. The predicted molar refractivity (Wildman–Crippen MR) is 90.3 cm³/mol. The summed E-state index contributed by atoms with van der Waals surface area (Å²) in [5.74, 6) is 0.208. The van der Waals surface area contributed by atoms with E-state index in [2.05, 4.69) is 15.3 Å². The molecule has 0 saturated carbocycles. The van der Waals surface area contributed by atoms with Gasteiger partial charge in [-0.2, -0.15) is 14.9 Å². The molecule has 6 nitrogen and oxygen atoms in total. The normalized spacial score (nSPS) is 11.2. The van der Waals surface area contributed by atoms with Crippen LogP contribution < -0.4 is 0 Å². The number of aromatic nitrogens is 3. The number of phenols is 2. The second kappa shape index (κ2) is 6.05. The van der Waals surface area contributed by atoms with Crippen molar-refractivity contribution in [2.75, 3.05) is 0 Å². The van der Waals surface area contributed by atoms with E-state index in [-0.39, 0.29) is 11.5 Å². The van der Waals surface area contributed by atoms with Gasteiger partial charge in [0.25, 0.3) is 0 Å². The van der Waals surface area contributed by atoms with E-state index < -0.39 is 0 Å². The monoisotopic (exact) mass is 326 g/mol. The minimum atomic E-state index is -0.205. The summed E-state index contributed by atoms with van der Waals surface area (Å²) in [6, 6.07) is 12.3. The molecule has 3 aromatic rings. The maximum atomic E-state index is 9.51. The van der Waals surface area contributed by atoms with Gasteiger partial charge in [-0.1, -0.05) is 29.8 Å². The Morgan fingerprint density at radius 1 is 1.13 bits per heavy atom. The highest BCUT2D eigenvalue weighted by atomic mass is 32.1. The molecule has 116 valence electrons. The first-order valence-electron chi connectivity index (χ1n) is 6.85. The molecule has 3 N–H and O–H groups in total. The van der Waals surface area contributed by atoms with Crippen LogP contribution in [0.5, 0.6) is 11.5 Å². The third-order valence-corrected chi connectivity index (χ3v) is 3.55. The number of aryl methyl sites for hydroxylation is 1. The average molecular weight is 326 g/mol. The highest BCUT2D eigenvalue weighted by Gasteiger charge is 2.07. The first kappa shape index (κ1) is 15.0. The van der Waals surface area contributed by atoms with Gasteiger partial charge in [-0.15, -0.1) is 0 Å². The van der Waals surface area contributed by atoms with Gasteiger partial charge in [0.2, 0.25) is 4.77 Å². The molecule has 3 rings (SSSR count). The van der Waals surface area contributed by atoms with Crippen LogP contribution in [0.25, 0.3) is 11.4 Å². The molecular formula is C16H14N4O2S. The van der Waals surface area contributed by atoms with Crippen LogP contribution in [0.4, 0.5) is 0 Å². The van der Waals surface area contributed by atoms with Crippen LogP contribution in [0.2, 0.25) is 0 Å². The van der Waals surface area contributed by atoms with Crippen LogP contribution in [0, 0.1) is 11.7 Å². The largest absolute Gasteiger partial charge is 0.504 e. The standard InChI is InChI=1S/C16H14N4O2S/c1-10-2-5-12(6-3-10)15-18-19-16(23)20(15)17-9-11-4-7-13(21)14(22)8-11/h2-9,21-22H,1H3,(H,19,23)/b17-9-. The number of aromatic amines is 1. The molecule has 1 heterocycles. The fourth-order valence-electron chi connectivity index (χ4n) is 2.03. The first-order chi connectivity index (χ1) is 11.0. The number of H-pyrrole nitrogens is 1. The van der Waals surface area contributed by atoms with Crippen molar-refractivity contribution in [3.63, 3.8) is 0 Å². The van der Waals surface area contributed by atoms with E-state index in [1.807, 2.05) is 31.2 Å². The van der Waals surface area contributed by atoms with Crippen LogP contribution in [0.1, 0.15) is 11.1 Å². The Morgan fingerprint density at radius 3 is 2.57 bits per heavy atom. The van der Waals surface area contributed by atoms with E-state index in [0.717, 1.165) is 11.1 Å². The molecule has 0 saturated heterocycles. The highest BCUT2D eigenvalue weighted by molar-refractivity contribution is 7.71. The quantitative estimate of drug-likeness (QED) is 0.392. The first-order valence-corrected chi connectivity index (χ1v) is 7.26. The SMILES string of the molecule is Cc1ccc(-c2n[nH]c(=S)n2/N=C\c2ccc(O)c(O)c2)cc1. The molecule has 0 spiro atoms. The number of rotatable bonds is 3. The number of aromatic hydroxyl groups is 2. The lowest BCUT2D eigenvalue weighted by Gasteiger charge is -2.02. The van der Waals surface area contributed by atoms with Gasteiger partial charge in [0, 0.05) is 5.56 Å². The topological polar surface area (TPSA) is 86.4 Å². The van der Waals surface area contributed by atoms with Gasteiger partial charge in [0.1, 0.15) is 0 Å². The van der Waals surface area contributed by atoms with E-state index in [1.165, 1.54) is 23.0 Å². The molecular weight excluding hydrogens is 312 g/mol. The van der Waals surface area contributed by atoms with E-state index >= 15 is 0 Å². The van der Waals surface area contributed by atoms with Gasteiger partial charge in [-0.25, -0.2) is 5.10 Å². The molecule has 0 aliphatic rings. The van der Waals surface area contributed by atoms with Crippen LogP contribution >= 0.6 is 12.2 Å². The molecule has 0 atom stereocenters. The van der Waals surface area contributed by atoms with Crippen molar-refractivity contribution < 1.29 is 10.2 Å². The number of benzene rings is 2. The van der Waals surface area contributed by atoms with Crippen molar-refractivity contribution in [2.24, 2.45) is 5.10 Å². The van der Waals surface area contributed by atoms with Crippen LogP contribution in [0.3, 0.4) is 0 Å². The maximum Gasteiger partial charge on any atom is 0.216 e. The molecule has 0 unspecified atom stereocenters. The van der Waals surface area contributed by atoms with Gasteiger partial charge in [0.15, 0.2) is 17.3 Å².